The van der Waals surface area contributed by atoms with E-state index in [9.17, 15) is 31.6 Å². The lowest BCUT2D eigenvalue weighted by Gasteiger charge is -2.30. The highest BCUT2D eigenvalue weighted by Crippen LogP contribution is 2.36. The summed E-state index contributed by atoms with van der Waals surface area (Å²) in [5.74, 6) is -0.116. The smallest absolute Gasteiger partial charge is 0.416 e. The van der Waals surface area contributed by atoms with Crippen LogP contribution in [0.4, 0.5) is 24.5 Å². The van der Waals surface area contributed by atoms with Crippen LogP contribution in [0.25, 0.3) is 11.1 Å². The zero-order chi connectivity index (χ0) is 30.5. The third-order valence-electron chi connectivity index (χ3n) is 6.50. The number of anilines is 2. The van der Waals surface area contributed by atoms with Gasteiger partial charge in [0, 0.05) is 24.9 Å². The number of rotatable bonds is 11. The first-order chi connectivity index (χ1) is 19.9. The SMILES string of the molecule is COCCOCOc1ccc(N2CCc3cc(-c4ccc(C(F)(F)F)cc4CC#N)ccc3C2=O)cc1NS(C)(=O)=O. The number of halogens is 3. The summed E-state index contributed by atoms with van der Waals surface area (Å²) >= 11 is 0. The van der Waals surface area contributed by atoms with Gasteiger partial charge < -0.3 is 19.1 Å². The van der Waals surface area contributed by atoms with Crippen LogP contribution in [0.2, 0.25) is 0 Å². The van der Waals surface area contributed by atoms with E-state index in [4.69, 9.17) is 14.2 Å². The number of sulfonamides is 1. The molecule has 1 N–H and O–H groups in total. The van der Waals surface area contributed by atoms with Crippen molar-refractivity contribution in [1.29, 1.82) is 5.26 Å². The van der Waals surface area contributed by atoms with Crippen molar-refractivity contribution in [2.24, 2.45) is 0 Å². The van der Waals surface area contributed by atoms with Crippen LogP contribution in [0, 0.1) is 11.3 Å². The summed E-state index contributed by atoms with van der Waals surface area (Å²) in [5.41, 5.74) is 2.18. The van der Waals surface area contributed by atoms with Gasteiger partial charge >= 0.3 is 6.18 Å². The molecule has 1 amide bonds. The van der Waals surface area contributed by atoms with E-state index in [2.05, 4.69) is 4.72 Å². The summed E-state index contributed by atoms with van der Waals surface area (Å²) in [5, 5.41) is 9.18. The van der Waals surface area contributed by atoms with Crippen LogP contribution in [0.15, 0.2) is 54.6 Å². The molecule has 0 radical (unpaired) electrons. The van der Waals surface area contributed by atoms with E-state index >= 15 is 0 Å². The number of nitriles is 1. The maximum absolute atomic E-state index is 13.5. The highest BCUT2D eigenvalue weighted by atomic mass is 32.2. The molecule has 13 heteroatoms. The second-order valence-corrected chi connectivity index (χ2v) is 11.2. The maximum Gasteiger partial charge on any atom is 0.416 e. The Hall–Kier alpha value is -4.12. The average Bonchev–Trinajstić information content (AvgIpc) is 2.92. The lowest BCUT2D eigenvalue weighted by atomic mass is 9.90. The largest absolute Gasteiger partial charge is 0.465 e. The topological polar surface area (TPSA) is 118 Å². The van der Waals surface area contributed by atoms with Crippen LogP contribution in [0.5, 0.6) is 5.75 Å². The van der Waals surface area contributed by atoms with Crippen molar-refractivity contribution < 1.29 is 40.6 Å². The molecule has 1 aliphatic rings. The highest BCUT2D eigenvalue weighted by molar-refractivity contribution is 7.92. The Balaban J connectivity index is 1.60. The molecule has 3 aromatic carbocycles. The molecule has 9 nitrogen and oxygen atoms in total. The van der Waals surface area contributed by atoms with Crippen molar-refractivity contribution >= 4 is 27.3 Å². The number of alkyl halides is 3. The summed E-state index contributed by atoms with van der Waals surface area (Å²) in [6.07, 6.45) is -3.31. The first-order valence-electron chi connectivity index (χ1n) is 12.7. The van der Waals surface area contributed by atoms with E-state index in [0.29, 0.717) is 41.0 Å². The van der Waals surface area contributed by atoms with Gasteiger partial charge in [-0.25, -0.2) is 8.42 Å². The predicted molar refractivity (Wildman–Crippen MR) is 150 cm³/mol. The van der Waals surface area contributed by atoms with Gasteiger partial charge in [0.1, 0.15) is 5.75 Å². The van der Waals surface area contributed by atoms with Crippen LogP contribution in [-0.2, 0) is 38.5 Å². The van der Waals surface area contributed by atoms with E-state index in [1.165, 1.54) is 30.2 Å². The standard InChI is InChI=1S/C29H28F3N3O6S/c1-39-13-14-40-18-41-27-8-5-23(17-26(27)34-42(2,37)38)35-12-10-21-15-19(3-6-25(21)28(35)36)24-7-4-22(29(30,31)32)16-20(24)9-11-33/h3-8,15-17,34H,9-10,12-14,18H2,1-2H3. The van der Waals surface area contributed by atoms with Gasteiger partial charge in [-0.1, -0.05) is 18.2 Å². The minimum atomic E-state index is -4.53. The Kier molecular flexibility index (Phi) is 9.40. The van der Waals surface area contributed by atoms with Crippen molar-refractivity contribution in [3.63, 3.8) is 0 Å². The number of nitrogens with one attached hydrogen (secondary N) is 1. The molecule has 1 heterocycles. The molecular weight excluding hydrogens is 575 g/mol. The molecular formula is C29H28F3N3O6S. The van der Waals surface area contributed by atoms with Crippen LogP contribution in [0.3, 0.4) is 0 Å². The molecule has 0 unspecified atom stereocenters. The number of hydrogen-bond acceptors (Lipinski definition) is 7. The molecule has 0 saturated carbocycles. The van der Waals surface area contributed by atoms with Gasteiger partial charge in [-0.15, -0.1) is 0 Å². The minimum Gasteiger partial charge on any atom is -0.465 e. The zero-order valence-electron chi connectivity index (χ0n) is 22.8. The van der Waals surface area contributed by atoms with Crippen molar-refractivity contribution in [2.45, 2.75) is 19.0 Å². The Labute approximate surface area is 241 Å². The molecule has 0 fully saturated rings. The van der Waals surface area contributed by atoms with Gasteiger partial charge in [-0.05, 0) is 65.1 Å². The summed E-state index contributed by atoms with van der Waals surface area (Å²) < 4.78 is 81.9. The third-order valence-corrected chi connectivity index (χ3v) is 7.09. The number of benzene rings is 3. The number of fused-ring (bicyclic) bond motifs is 1. The lowest BCUT2D eigenvalue weighted by Crippen LogP contribution is -2.37. The van der Waals surface area contributed by atoms with Crippen LogP contribution >= 0.6 is 0 Å². The molecule has 1 aliphatic heterocycles. The van der Waals surface area contributed by atoms with Crippen LogP contribution in [0.1, 0.15) is 27.0 Å². The van der Waals surface area contributed by atoms with Gasteiger partial charge in [0.15, 0.2) is 6.79 Å². The number of ether oxygens (including phenoxy) is 3. The predicted octanol–water partition coefficient (Wildman–Crippen LogP) is 5.01. The second kappa shape index (κ2) is 12.8. The van der Waals surface area contributed by atoms with Crippen LogP contribution in [-0.4, -0.2) is 54.2 Å². The number of hydrogen-bond donors (Lipinski definition) is 1. The lowest BCUT2D eigenvalue weighted by molar-refractivity contribution is -0.137. The fraction of sp³-hybridized carbons (Fsp3) is 0.310. The van der Waals surface area contributed by atoms with Crippen molar-refractivity contribution in [1.82, 2.24) is 0 Å². The van der Waals surface area contributed by atoms with Crippen molar-refractivity contribution in [3.8, 4) is 22.9 Å². The number of amides is 1. The molecule has 0 bridgehead atoms. The molecule has 222 valence electrons. The molecule has 0 saturated heterocycles. The Morgan fingerprint density at radius 1 is 1.05 bits per heavy atom. The Bertz CT molecular complexity index is 1620. The van der Waals surface area contributed by atoms with E-state index in [0.717, 1.165) is 18.4 Å². The number of nitrogens with zero attached hydrogens (tertiary/aromatic N) is 2. The monoisotopic (exact) mass is 603 g/mol. The quantitative estimate of drug-likeness (QED) is 0.242. The maximum atomic E-state index is 13.5. The number of carbonyl (C=O) groups is 1. The van der Waals surface area contributed by atoms with Crippen LogP contribution < -0.4 is 14.4 Å². The fourth-order valence-electron chi connectivity index (χ4n) is 4.58. The summed E-state index contributed by atoms with van der Waals surface area (Å²) in [6.45, 7) is 0.772. The van der Waals surface area contributed by atoms with Gasteiger partial charge in [0.05, 0.1) is 43.2 Å². The molecule has 0 aromatic heterocycles. The molecule has 0 aliphatic carbocycles. The molecule has 42 heavy (non-hydrogen) atoms. The van der Waals surface area contributed by atoms with E-state index in [1.807, 2.05) is 6.07 Å². The first-order valence-corrected chi connectivity index (χ1v) is 14.6. The average molecular weight is 604 g/mol. The third kappa shape index (κ3) is 7.39. The van der Waals surface area contributed by atoms with E-state index in [1.54, 1.807) is 24.3 Å². The Morgan fingerprint density at radius 3 is 2.50 bits per heavy atom. The Morgan fingerprint density at radius 2 is 1.81 bits per heavy atom. The normalized spacial score (nSPS) is 13.4. The van der Waals surface area contributed by atoms with Crippen molar-refractivity contribution in [3.05, 3.63) is 76.9 Å². The molecule has 4 rings (SSSR count). The van der Waals surface area contributed by atoms with E-state index in [-0.39, 0.29) is 49.3 Å². The summed E-state index contributed by atoms with van der Waals surface area (Å²) in [7, 11) is -2.15. The first kappa shape index (κ1) is 30.8. The summed E-state index contributed by atoms with van der Waals surface area (Å²) in [4.78, 5) is 15.0. The fourth-order valence-corrected chi connectivity index (χ4v) is 5.14. The number of carbonyl (C=O) groups excluding carboxylic acids is 1. The molecule has 3 aromatic rings. The zero-order valence-corrected chi connectivity index (χ0v) is 23.6. The van der Waals surface area contributed by atoms with E-state index < -0.39 is 21.8 Å². The number of methoxy groups -OCH3 is 1. The molecule has 0 atom stereocenters. The van der Waals surface area contributed by atoms with Crippen molar-refractivity contribution in [2.75, 3.05) is 49.5 Å². The van der Waals surface area contributed by atoms with Gasteiger partial charge in [-0.3, -0.25) is 9.52 Å². The second-order valence-electron chi connectivity index (χ2n) is 9.50. The summed E-state index contributed by atoms with van der Waals surface area (Å²) in [6, 6.07) is 14.9. The minimum absolute atomic E-state index is 0.131. The molecule has 0 spiro atoms. The van der Waals surface area contributed by atoms with Gasteiger partial charge in [0.25, 0.3) is 5.91 Å². The van der Waals surface area contributed by atoms with Gasteiger partial charge in [-0.2, -0.15) is 18.4 Å². The van der Waals surface area contributed by atoms with Gasteiger partial charge in [0.2, 0.25) is 10.0 Å². The highest BCUT2D eigenvalue weighted by Gasteiger charge is 2.31.